The molecule has 1 aromatic rings. The van der Waals surface area contributed by atoms with Gasteiger partial charge in [0.05, 0.1) is 12.7 Å². The Morgan fingerprint density at radius 3 is 2.94 bits per heavy atom. The number of rotatable bonds is 3. The number of morpholine rings is 1. The van der Waals surface area contributed by atoms with Crippen molar-refractivity contribution in [2.24, 2.45) is 5.73 Å². The lowest BCUT2D eigenvalue weighted by molar-refractivity contribution is -0.0333. The molecule has 0 aliphatic carbocycles. The van der Waals surface area contributed by atoms with Crippen LogP contribution >= 0.6 is 15.9 Å². The van der Waals surface area contributed by atoms with Crippen molar-refractivity contribution in [1.82, 2.24) is 4.90 Å². The minimum atomic E-state index is 0.295. The molecule has 0 saturated carbocycles. The zero-order chi connectivity index (χ0) is 13.1. The average molecular weight is 313 g/mol. The van der Waals surface area contributed by atoms with E-state index in [4.69, 9.17) is 10.5 Å². The Labute approximate surface area is 117 Å². The second kappa shape index (κ2) is 6.15. The normalized spacial score (nSPS) is 23.0. The van der Waals surface area contributed by atoms with Crippen LogP contribution in [0.15, 0.2) is 22.7 Å². The second-order valence-electron chi connectivity index (χ2n) is 4.94. The molecule has 2 N–H and O–H groups in total. The highest BCUT2D eigenvalue weighted by Gasteiger charge is 2.24. The third-order valence-electron chi connectivity index (χ3n) is 3.50. The molecule has 1 aliphatic rings. The molecular weight excluding hydrogens is 292 g/mol. The van der Waals surface area contributed by atoms with Gasteiger partial charge in [-0.15, -0.1) is 0 Å². The molecule has 18 heavy (non-hydrogen) atoms. The van der Waals surface area contributed by atoms with Crippen LogP contribution < -0.4 is 5.73 Å². The number of hydrogen-bond donors (Lipinski definition) is 1. The van der Waals surface area contributed by atoms with Crippen LogP contribution in [-0.4, -0.2) is 37.2 Å². The summed E-state index contributed by atoms with van der Waals surface area (Å²) in [6, 6.07) is 6.79. The zero-order valence-electron chi connectivity index (χ0n) is 11.0. The lowest BCUT2D eigenvalue weighted by atomic mass is 10.0. The number of aryl methyl sites for hydroxylation is 1. The molecule has 0 radical (unpaired) electrons. The average Bonchev–Trinajstić information content (AvgIpc) is 2.35. The van der Waals surface area contributed by atoms with Gasteiger partial charge < -0.3 is 10.5 Å². The third kappa shape index (κ3) is 3.12. The summed E-state index contributed by atoms with van der Waals surface area (Å²) < 4.78 is 6.74. The van der Waals surface area contributed by atoms with E-state index in [2.05, 4.69) is 52.9 Å². The highest BCUT2D eigenvalue weighted by molar-refractivity contribution is 9.10. The van der Waals surface area contributed by atoms with E-state index in [1.54, 1.807) is 0 Å². The lowest BCUT2D eigenvalue weighted by Crippen LogP contribution is -2.45. The van der Waals surface area contributed by atoms with Crippen molar-refractivity contribution < 1.29 is 4.74 Å². The Morgan fingerprint density at radius 2 is 2.33 bits per heavy atom. The number of nitrogens with zero attached hydrogens (tertiary/aromatic N) is 1. The molecule has 0 spiro atoms. The van der Waals surface area contributed by atoms with E-state index in [0.717, 1.165) is 24.2 Å². The standard InChI is InChI=1S/C14H21BrN2O/c1-10-7-12(3-4-13(10)15)14(8-16)17-5-6-18-11(2)9-17/h3-4,7,11,14H,5-6,8-9,16H2,1-2H3. The molecular formula is C14H21BrN2O. The monoisotopic (exact) mass is 312 g/mol. The Morgan fingerprint density at radius 1 is 1.56 bits per heavy atom. The topological polar surface area (TPSA) is 38.5 Å². The highest BCUT2D eigenvalue weighted by atomic mass is 79.9. The van der Waals surface area contributed by atoms with Crippen molar-refractivity contribution >= 4 is 15.9 Å². The van der Waals surface area contributed by atoms with Crippen LogP contribution in [0.3, 0.4) is 0 Å². The SMILES string of the molecule is Cc1cc(C(CN)N2CCOC(C)C2)ccc1Br. The number of nitrogens with two attached hydrogens (primary N) is 1. The Balaban J connectivity index is 2.18. The summed E-state index contributed by atoms with van der Waals surface area (Å²) in [7, 11) is 0. The number of hydrogen-bond acceptors (Lipinski definition) is 3. The maximum atomic E-state index is 5.98. The van der Waals surface area contributed by atoms with E-state index >= 15 is 0 Å². The van der Waals surface area contributed by atoms with Crippen LogP contribution in [0.5, 0.6) is 0 Å². The summed E-state index contributed by atoms with van der Waals surface area (Å²) in [5.41, 5.74) is 8.53. The van der Waals surface area contributed by atoms with E-state index in [1.165, 1.54) is 11.1 Å². The molecule has 1 aromatic carbocycles. The fourth-order valence-corrected chi connectivity index (χ4v) is 2.75. The van der Waals surface area contributed by atoms with Gasteiger partial charge in [-0.1, -0.05) is 28.1 Å². The maximum absolute atomic E-state index is 5.98. The first kappa shape index (κ1) is 14.0. The van der Waals surface area contributed by atoms with Gasteiger partial charge in [0.1, 0.15) is 0 Å². The Kier molecular flexibility index (Phi) is 4.78. The van der Waals surface area contributed by atoms with Gasteiger partial charge in [-0.05, 0) is 31.0 Å². The maximum Gasteiger partial charge on any atom is 0.0674 e. The summed E-state index contributed by atoms with van der Waals surface area (Å²) in [6.45, 7) is 7.59. The predicted octanol–water partition coefficient (Wildman–Crippen LogP) is 2.48. The van der Waals surface area contributed by atoms with E-state index in [9.17, 15) is 0 Å². The second-order valence-corrected chi connectivity index (χ2v) is 5.79. The van der Waals surface area contributed by atoms with Gasteiger partial charge in [0.15, 0.2) is 0 Å². The minimum Gasteiger partial charge on any atom is -0.376 e. The van der Waals surface area contributed by atoms with Crippen molar-refractivity contribution in [3.63, 3.8) is 0 Å². The first-order chi connectivity index (χ1) is 8.61. The van der Waals surface area contributed by atoms with Crippen LogP contribution in [0.4, 0.5) is 0 Å². The third-order valence-corrected chi connectivity index (χ3v) is 4.39. The lowest BCUT2D eigenvalue weighted by Gasteiger charge is -2.37. The summed E-state index contributed by atoms with van der Waals surface area (Å²) >= 11 is 3.54. The van der Waals surface area contributed by atoms with Crippen LogP contribution in [0, 0.1) is 6.92 Å². The molecule has 1 heterocycles. The molecule has 0 bridgehead atoms. The van der Waals surface area contributed by atoms with Crippen molar-refractivity contribution in [2.45, 2.75) is 26.0 Å². The quantitative estimate of drug-likeness (QED) is 0.932. The minimum absolute atomic E-state index is 0.295. The van der Waals surface area contributed by atoms with Gasteiger partial charge in [0, 0.05) is 30.1 Å². The molecule has 1 fully saturated rings. The van der Waals surface area contributed by atoms with E-state index in [1.807, 2.05) is 0 Å². The summed E-state index contributed by atoms with van der Waals surface area (Å²) in [5, 5.41) is 0. The first-order valence-electron chi connectivity index (χ1n) is 6.43. The molecule has 100 valence electrons. The summed E-state index contributed by atoms with van der Waals surface area (Å²) in [5.74, 6) is 0. The van der Waals surface area contributed by atoms with Gasteiger partial charge in [0.25, 0.3) is 0 Å². The van der Waals surface area contributed by atoms with E-state index in [0.29, 0.717) is 18.7 Å². The van der Waals surface area contributed by atoms with Gasteiger partial charge in [-0.3, -0.25) is 4.90 Å². The van der Waals surface area contributed by atoms with Crippen molar-refractivity contribution in [3.8, 4) is 0 Å². The molecule has 2 rings (SSSR count). The summed E-state index contributed by atoms with van der Waals surface area (Å²) in [6.07, 6.45) is 0.296. The Bertz CT molecular complexity index is 411. The van der Waals surface area contributed by atoms with Crippen LogP contribution in [-0.2, 0) is 4.74 Å². The van der Waals surface area contributed by atoms with E-state index in [-0.39, 0.29) is 0 Å². The predicted molar refractivity (Wildman–Crippen MR) is 77.7 cm³/mol. The van der Waals surface area contributed by atoms with Crippen molar-refractivity contribution in [2.75, 3.05) is 26.2 Å². The van der Waals surface area contributed by atoms with Crippen molar-refractivity contribution in [1.29, 1.82) is 0 Å². The largest absolute Gasteiger partial charge is 0.376 e. The molecule has 1 aliphatic heterocycles. The van der Waals surface area contributed by atoms with Gasteiger partial charge in [-0.25, -0.2) is 0 Å². The molecule has 2 atom stereocenters. The highest BCUT2D eigenvalue weighted by Crippen LogP contribution is 2.26. The fraction of sp³-hybridized carbons (Fsp3) is 0.571. The first-order valence-corrected chi connectivity index (χ1v) is 7.23. The van der Waals surface area contributed by atoms with Crippen molar-refractivity contribution in [3.05, 3.63) is 33.8 Å². The molecule has 3 nitrogen and oxygen atoms in total. The summed E-state index contributed by atoms with van der Waals surface area (Å²) in [4.78, 5) is 2.43. The van der Waals surface area contributed by atoms with Crippen LogP contribution in [0.25, 0.3) is 0 Å². The zero-order valence-corrected chi connectivity index (χ0v) is 12.6. The Hall–Kier alpha value is -0.420. The number of ether oxygens (including phenoxy) is 1. The van der Waals surface area contributed by atoms with Gasteiger partial charge in [0.2, 0.25) is 0 Å². The number of benzene rings is 1. The van der Waals surface area contributed by atoms with Gasteiger partial charge in [-0.2, -0.15) is 0 Å². The molecule has 0 amide bonds. The molecule has 4 heteroatoms. The van der Waals surface area contributed by atoms with E-state index < -0.39 is 0 Å². The molecule has 1 saturated heterocycles. The molecule has 2 unspecified atom stereocenters. The smallest absolute Gasteiger partial charge is 0.0674 e. The van der Waals surface area contributed by atoms with Gasteiger partial charge >= 0.3 is 0 Å². The number of halogens is 1. The fourth-order valence-electron chi connectivity index (χ4n) is 2.50. The van der Waals surface area contributed by atoms with Crippen LogP contribution in [0.1, 0.15) is 24.1 Å². The van der Waals surface area contributed by atoms with Crippen LogP contribution in [0.2, 0.25) is 0 Å². The molecule has 0 aromatic heterocycles.